The van der Waals surface area contributed by atoms with Crippen molar-refractivity contribution in [3.05, 3.63) is 90.0 Å². The third kappa shape index (κ3) is 11.9. The Labute approximate surface area is 243 Å². The summed E-state index contributed by atoms with van der Waals surface area (Å²) >= 11 is 0. The summed E-state index contributed by atoms with van der Waals surface area (Å²) in [6.07, 6.45) is 7.48. The van der Waals surface area contributed by atoms with E-state index in [0.29, 0.717) is 5.56 Å². The van der Waals surface area contributed by atoms with Gasteiger partial charge in [0.15, 0.2) is 9.84 Å². The van der Waals surface area contributed by atoms with Gasteiger partial charge in [0.2, 0.25) is 5.91 Å². The maximum absolute atomic E-state index is 12.4. The van der Waals surface area contributed by atoms with Gasteiger partial charge in [-0.05, 0) is 85.8 Å². The molecule has 2 aromatic carbocycles. The molecule has 224 valence electrons. The number of nitrogens with two attached hydrogens (primary N) is 1. The second kappa shape index (κ2) is 17.3. The average molecular weight is 587 g/mol. The number of aromatic nitrogens is 1. The number of nitrogens with one attached hydrogen (secondary N) is 1. The van der Waals surface area contributed by atoms with E-state index in [0.717, 1.165) is 24.6 Å². The molecule has 1 saturated carbocycles. The lowest BCUT2D eigenvalue weighted by molar-refractivity contribution is -0.129. The second-order valence-electron chi connectivity index (χ2n) is 9.47. The van der Waals surface area contributed by atoms with E-state index in [9.17, 15) is 22.4 Å². The maximum Gasteiger partial charge on any atom is 0.251 e. The molecule has 10 heteroatoms. The molecule has 0 unspecified atom stereocenters. The van der Waals surface area contributed by atoms with Crippen LogP contribution < -0.4 is 11.1 Å². The minimum atomic E-state index is -3.03. The molecular weight excluding hydrogens is 543 g/mol. The van der Waals surface area contributed by atoms with Crippen LogP contribution in [0.1, 0.15) is 61.9 Å². The number of rotatable bonds is 6. The molecule has 2 heterocycles. The highest BCUT2D eigenvalue weighted by Crippen LogP contribution is 2.39. The Bertz CT molecular complexity index is 1270. The van der Waals surface area contributed by atoms with E-state index in [1.165, 1.54) is 35.4 Å². The average Bonchev–Trinajstić information content (AvgIpc) is 3.70. The van der Waals surface area contributed by atoms with Crippen LogP contribution >= 0.6 is 0 Å². The molecule has 0 spiro atoms. The number of nitrogens with zero attached hydrogens (tertiary/aromatic N) is 2. The Morgan fingerprint density at radius 2 is 1.49 bits per heavy atom. The number of sulfone groups is 1. The Balaban J connectivity index is 0.000000301. The molecular formula is C31H43FN4O4S. The lowest BCUT2D eigenvalue weighted by Gasteiger charge is -2.26. The third-order valence-electron chi connectivity index (χ3n) is 6.34. The number of benzene rings is 2. The van der Waals surface area contributed by atoms with Crippen molar-refractivity contribution >= 4 is 21.7 Å². The van der Waals surface area contributed by atoms with Gasteiger partial charge in [0.1, 0.15) is 5.82 Å². The first-order valence-corrected chi connectivity index (χ1v) is 16.0. The maximum atomic E-state index is 12.4. The first kappa shape index (κ1) is 33.7. The standard InChI is InChI=1S/C17H19N3O4S.C9H9F.C3H9N.C2H6/c21-16(20-9-11-25(23,24)12-10-20)13-18-17(22)14-3-5-15(6-4-14)19-7-1-2-8-19;10-9-5-3-8(4-6-9)7-1-2-7;1-2-3-4;1-2/h1-8H,9-13H2,(H,18,22);3-7H,1-2H2;2-4H2,1H3;1-2H3. The van der Waals surface area contributed by atoms with E-state index < -0.39 is 9.84 Å². The van der Waals surface area contributed by atoms with Gasteiger partial charge in [-0.15, -0.1) is 0 Å². The molecule has 1 aliphatic heterocycles. The summed E-state index contributed by atoms with van der Waals surface area (Å²) in [7, 11) is -3.03. The number of hydrogen-bond donors (Lipinski definition) is 2. The van der Waals surface area contributed by atoms with Gasteiger partial charge < -0.3 is 20.5 Å². The Morgan fingerprint density at radius 3 is 1.98 bits per heavy atom. The quantitative estimate of drug-likeness (QED) is 0.440. The second-order valence-corrected chi connectivity index (χ2v) is 11.8. The summed E-state index contributed by atoms with van der Waals surface area (Å²) in [5.41, 5.74) is 7.72. The van der Waals surface area contributed by atoms with Gasteiger partial charge in [-0.25, -0.2) is 12.8 Å². The van der Waals surface area contributed by atoms with E-state index in [2.05, 4.69) is 12.2 Å². The van der Waals surface area contributed by atoms with Gasteiger partial charge >= 0.3 is 0 Å². The molecule has 1 aromatic heterocycles. The fourth-order valence-electron chi connectivity index (χ4n) is 3.77. The molecule has 1 aliphatic carbocycles. The monoisotopic (exact) mass is 586 g/mol. The van der Waals surface area contributed by atoms with Crippen LogP contribution in [0.15, 0.2) is 73.1 Å². The van der Waals surface area contributed by atoms with Crippen LogP contribution in [-0.4, -0.2) is 67.4 Å². The van der Waals surface area contributed by atoms with E-state index >= 15 is 0 Å². The highest BCUT2D eigenvalue weighted by molar-refractivity contribution is 7.91. The lowest BCUT2D eigenvalue weighted by Crippen LogP contribution is -2.47. The highest BCUT2D eigenvalue weighted by Gasteiger charge is 2.25. The first-order valence-electron chi connectivity index (χ1n) is 14.2. The van der Waals surface area contributed by atoms with Crippen LogP contribution in [0.2, 0.25) is 0 Å². The number of amides is 2. The molecule has 8 nitrogen and oxygen atoms in total. The molecule has 0 radical (unpaired) electrons. The normalized spacial score (nSPS) is 15.1. The van der Waals surface area contributed by atoms with Crippen molar-refractivity contribution < 1.29 is 22.4 Å². The molecule has 3 N–H and O–H groups in total. The summed E-state index contributed by atoms with van der Waals surface area (Å²) < 4.78 is 37.0. The van der Waals surface area contributed by atoms with Crippen molar-refractivity contribution in [3.63, 3.8) is 0 Å². The fourth-order valence-corrected chi connectivity index (χ4v) is 4.98. The van der Waals surface area contributed by atoms with Crippen molar-refractivity contribution in [2.75, 3.05) is 37.7 Å². The van der Waals surface area contributed by atoms with Gasteiger partial charge in [0, 0.05) is 36.7 Å². The van der Waals surface area contributed by atoms with Gasteiger partial charge in [0.25, 0.3) is 5.91 Å². The fraction of sp³-hybridized carbons (Fsp3) is 0.419. The van der Waals surface area contributed by atoms with Gasteiger partial charge in [-0.3, -0.25) is 9.59 Å². The predicted molar refractivity (Wildman–Crippen MR) is 162 cm³/mol. The minimum absolute atomic E-state index is 0.0203. The van der Waals surface area contributed by atoms with E-state index in [-0.39, 0.29) is 48.8 Å². The number of carbonyl (C=O) groups is 2. The predicted octanol–water partition coefficient (Wildman–Crippen LogP) is 4.55. The largest absolute Gasteiger partial charge is 0.343 e. The van der Waals surface area contributed by atoms with E-state index in [4.69, 9.17) is 5.73 Å². The lowest BCUT2D eigenvalue weighted by atomic mass is 10.1. The smallest absolute Gasteiger partial charge is 0.251 e. The summed E-state index contributed by atoms with van der Waals surface area (Å²) in [6, 6.07) is 17.7. The zero-order valence-corrected chi connectivity index (χ0v) is 25.1. The van der Waals surface area contributed by atoms with E-state index in [1.54, 1.807) is 12.1 Å². The summed E-state index contributed by atoms with van der Waals surface area (Å²) in [4.78, 5) is 25.7. The van der Waals surface area contributed by atoms with Crippen LogP contribution in [0.5, 0.6) is 0 Å². The van der Waals surface area contributed by atoms with Crippen molar-refractivity contribution in [1.29, 1.82) is 0 Å². The molecule has 41 heavy (non-hydrogen) atoms. The molecule has 0 atom stereocenters. The highest BCUT2D eigenvalue weighted by atomic mass is 32.2. The van der Waals surface area contributed by atoms with Crippen molar-refractivity contribution in [1.82, 2.24) is 14.8 Å². The number of hydrogen-bond acceptors (Lipinski definition) is 5. The Kier molecular flexibility index (Phi) is 14.3. The number of carbonyl (C=O) groups excluding carboxylic acids is 2. The zero-order valence-electron chi connectivity index (χ0n) is 24.3. The van der Waals surface area contributed by atoms with E-state index in [1.807, 2.05) is 67.2 Å². The topological polar surface area (TPSA) is 114 Å². The minimum Gasteiger partial charge on any atom is -0.343 e. The van der Waals surface area contributed by atoms with Gasteiger partial charge in [0.05, 0.1) is 18.1 Å². The van der Waals surface area contributed by atoms with Gasteiger partial charge in [-0.1, -0.05) is 32.9 Å². The van der Waals surface area contributed by atoms with Crippen molar-refractivity contribution in [3.8, 4) is 5.69 Å². The molecule has 0 bridgehead atoms. The van der Waals surface area contributed by atoms with Crippen LogP contribution in [-0.2, 0) is 14.6 Å². The molecule has 2 fully saturated rings. The van der Waals surface area contributed by atoms with Crippen LogP contribution in [0.3, 0.4) is 0 Å². The Hall–Kier alpha value is -3.50. The Morgan fingerprint density at radius 1 is 0.951 bits per heavy atom. The molecule has 2 amide bonds. The zero-order chi connectivity index (χ0) is 30.3. The summed E-state index contributed by atoms with van der Waals surface area (Å²) in [5, 5.41) is 2.58. The molecule has 3 aromatic rings. The van der Waals surface area contributed by atoms with Crippen molar-refractivity contribution in [2.24, 2.45) is 5.73 Å². The van der Waals surface area contributed by atoms with Crippen LogP contribution in [0.4, 0.5) is 4.39 Å². The molecule has 1 saturated heterocycles. The van der Waals surface area contributed by atoms with Gasteiger partial charge in [-0.2, -0.15) is 0 Å². The summed E-state index contributed by atoms with van der Waals surface area (Å²) in [5.74, 6) is -0.0459. The number of halogens is 1. The first-order chi connectivity index (χ1) is 19.7. The van der Waals surface area contributed by atoms with Crippen LogP contribution in [0, 0.1) is 5.82 Å². The molecule has 2 aliphatic rings. The van der Waals surface area contributed by atoms with Crippen molar-refractivity contribution in [2.45, 2.75) is 46.0 Å². The molecule has 5 rings (SSSR count). The van der Waals surface area contributed by atoms with Crippen LogP contribution in [0.25, 0.3) is 5.69 Å². The SMILES string of the molecule is CC.CCCN.Fc1ccc(C2CC2)cc1.O=C(NCC(=O)N1CCS(=O)(=O)CC1)c1ccc(-n2cccc2)cc1. The third-order valence-corrected chi connectivity index (χ3v) is 7.95. The summed E-state index contributed by atoms with van der Waals surface area (Å²) in [6.45, 7) is 7.10.